The van der Waals surface area contributed by atoms with Gasteiger partial charge in [-0.1, -0.05) is 84.9 Å². The van der Waals surface area contributed by atoms with E-state index in [0.717, 1.165) is 22.9 Å². The Labute approximate surface area is 195 Å². The van der Waals surface area contributed by atoms with Gasteiger partial charge in [-0.25, -0.2) is 9.48 Å². The molecule has 164 valence electrons. The first-order valence-electron chi connectivity index (χ1n) is 11.1. The van der Waals surface area contributed by atoms with Gasteiger partial charge in [0.2, 0.25) is 6.34 Å². The van der Waals surface area contributed by atoms with Crippen LogP contribution < -0.4 is 14.4 Å². The van der Waals surface area contributed by atoms with Crippen molar-refractivity contribution in [3.63, 3.8) is 0 Å². The SMILES string of the molecule is COc1ccccc1N1C=[N+](c2ccccc2OC)C(c2ccccc2)C1c1ccccc1. The van der Waals surface area contributed by atoms with Crippen molar-refractivity contribution < 1.29 is 14.0 Å². The van der Waals surface area contributed by atoms with Crippen LogP contribution in [0.3, 0.4) is 0 Å². The summed E-state index contributed by atoms with van der Waals surface area (Å²) in [6.07, 6.45) is 2.19. The van der Waals surface area contributed by atoms with E-state index in [1.54, 1.807) is 14.2 Å². The lowest BCUT2D eigenvalue weighted by Crippen LogP contribution is -2.26. The maximum atomic E-state index is 5.76. The molecule has 4 aromatic carbocycles. The van der Waals surface area contributed by atoms with Gasteiger partial charge in [0.05, 0.1) is 14.2 Å². The summed E-state index contributed by atoms with van der Waals surface area (Å²) in [5.74, 6) is 1.67. The first-order chi connectivity index (χ1) is 16.3. The molecule has 0 saturated heterocycles. The van der Waals surface area contributed by atoms with E-state index in [4.69, 9.17) is 9.47 Å². The van der Waals surface area contributed by atoms with Gasteiger partial charge >= 0.3 is 0 Å². The molecule has 1 heterocycles. The predicted octanol–water partition coefficient (Wildman–Crippen LogP) is 6.38. The summed E-state index contributed by atoms with van der Waals surface area (Å²) in [7, 11) is 3.44. The van der Waals surface area contributed by atoms with Gasteiger partial charge in [-0.05, 0) is 24.3 Å². The first-order valence-corrected chi connectivity index (χ1v) is 11.1. The molecule has 1 aliphatic heterocycles. The molecule has 33 heavy (non-hydrogen) atoms. The highest BCUT2D eigenvalue weighted by Gasteiger charge is 2.47. The molecule has 1 aliphatic rings. The minimum atomic E-state index is 0.0230. The van der Waals surface area contributed by atoms with Crippen molar-refractivity contribution in [1.82, 2.24) is 0 Å². The lowest BCUT2D eigenvalue weighted by Gasteiger charge is -2.25. The monoisotopic (exact) mass is 435 g/mol. The lowest BCUT2D eigenvalue weighted by molar-refractivity contribution is -0.482. The highest BCUT2D eigenvalue weighted by atomic mass is 16.5. The Kier molecular flexibility index (Phi) is 5.81. The van der Waals surface area contributed by atoms with E-state index in [2.05, 4.69) is 101 Å². The van der Waals surface area contributed by atoms with Gasteiger partial charge < -0.3 is 9.47 Å². The molecule has 0 amide bonds. The number of para-hydroxylation sites is 4. The Balaban J connectivity index is 1.77. The molecule has 4 nitrogen and oxygen atoms in total. The second-order valence-electron chi connectivity index (χ2n) is 7.98. The molecule has 0 aromatic heterocycles. The minimum Gasteiger partial charge on any atom is -0.492 e. The Morgan fingerprint density at radius 2 is 1.15 bits per heavy atom. The summed E-state index contributed by atoms with van der Waals surface area (Å²) in [5, 5.41) is 0. The second-order valence-corrected chi connectivity index (χ2v) is 7.98. The zero-order valence-electron chi connectivity index (χ0n) is 18.8. The second kappa shape index (κ2) is 9.21. The highest BCUT2D eigenvalue weighted by molar-refractivity contribution is 5.83. The average Bonchev–Trinajstić information content (AvgIpc) is 3.30. The fourth-order valence-electron chi connectivity index (χ4n) is 4.68. The van der Waals surface area contributed by atoms with Crippen LogP contribution in [0.2, 0.25) is 0 Å². The molecular weight excluding hydrogens is 408 g/mol. The summed E-state index contributed by atoms with van der Waals surface area (Å²) in [6.45, 7) is 0. The number of hydrogen-bond donors (Lipinski definition) is 0. The number of ether oxygens (including phenoxy) is 2. The Morgan fingerprint density at radius 1 is 0.606 bits per heavy atom. The number of hydrogen-bond acceptors (Lipinski definition) is 3. The molecule has 0 bridgehead atoms. The largest absolute Gasteiger partial charge is 0.492 e. The molecule has 5 rings (SSSR count). The van der Waals surface area contributed by atoms with Crippen molar-refractivity contribution in [3.05, 3.63) is 120 Å². The van der Waals surface area contributed by atoms with Crippen molar-refractivity contribution in [3.8, 4) is 11.5 Å². The number of nitrogens with zero attached hydrogens (tertiary/aromatic N) is 2. The summed E-state index contributed by atoms with van der Waals surface area (Å²) in [5.41, 5.74) is 4.50. The molecular formula is C29H27N2O2+. The van der Waals surface area contributed by atoms with Crippen LogP contribution in [0.4, 0.5) is 11.4 Å². The lowest BCUT2D eigenvalue weighted by atomic mass is 9.92. The normalized spacial score (nSPS) is 17.5. The molecule has 2 atom stereocenters. The maximum Gasteiger partial charge on any atom is 0.246 e. The third kappa shape index (κ3) is 3.85. The van der Waals surface area contributed by atoms with Crippen molar-refractivity contribution in [2.24, 2.45) is 0 Å². The smallest absolute Gasteiger partial charge is 0.246 e. The van der Waals surface area contributed by atoms with E-state index >= 15 is 0 Å². The molecule has 0 saturated carbocycles. The van der Waals surface area contributed by atoms with E-state index in [0.29, 0.717) is 0 Å². The van der Waals surface area contributed by atoms with E-state index < -0.39 is 0 Å². The molecule has 4 aromatic rings. The van der Waals surface area contributed by atoms with Crippen molar-refractivity contribution in [2.45, 2.75) is 12.1 Å². The summed E-state index contributed by atoms with van der Waals surface area (Å²) >= 11 is 0. The predicted molar refractivity (Wildman–Crippen MR) is 133 cm³/mol. The van der Waals surface area contributed by atoms with E-state index in [1.165, 1.54) is 11.1 Å². The van der Waals surface area contributed by atoms with Gasteiger partial charge in [-0.15, -0.1) is 0 Å². The summed E-state index contributed by atoms with van der Waals surface area (Å²) in [6, 6.07) is 37.7. The van der Waals surface area contributed by atoms with Crippen molar-refractivity contribution in [2.75, 3.05) is 19.1 Å². The van der Waals surface area contributed by atoms with Gasteiger partial charge in [0.25, 0.3) is 0 Å². The quantitative estimate of drug-likeness (QED) is 0.329. The van der Waals surface area contributed by atoms with Gasteiger partial charge in [0.15, 0.2) is 35.0 Å². The van der Waals surface area contributed by atoms with Crippen molar-refractivity contribution in [1.29, 1.82) is 0 Å². The molecule has 4 heteroatoms. The number of anilines is 1. The molecule has 0 aliphatic carbocycles. The zero-order valence-corrected chi connectivity index (χ0v) is 18.8. The van der Waals surface area contributed by atoms with Crippen LogP contribution in [-0.4, -0.2) is 25.1 Å². The molecule has 0 N–H and O–H groups in total. The Bertz CT molecular complexity index is 1250. The van der Waals surface area contributed by atoms with Crippen molar-refractivity contribution >= 4 is 17.7 Å². The molecule has 0 spiro atoms. The van der Waals surface area contributed by atoms with Crippen LogP contribution >= 0.6 is 0 Å². The molecule has 0 fully saturated rings. The van der Waals surface area contributed by atoms with Crippen LogP contribution in [0.5, 0.6) is 11.5 Å². The fourth-order valence-corrected chi connectivity index (χ4v) is 4.68. The van der Waals surface area contributed by atoms with Gasteiger partial charge in [0.1, 0.15) is 0 Å². The molecule has 2 unspecified atom stereocenters. The minimum absolute atomic E-state index is 0.0230. The maximum absolute atomic E-state index is 5.76. The van der Waals surface area contributed by atoms with E-state index in [1.807, 2.05) is 24.3 Å². The Hall–Kier alpha value is -4.05. The number of rotatable bonds is 6. The van der Waals surface area contributed by atoms with Crippen LogP contribution in [0.25, 0.3) is 0 Å². The Morgan fingerprint density at radius 3 is 1.82 bits per heavy atom. The van der Waals surface area contributed by atoms with E-state index in [9.17, 15) is 0 Å². The zero-order chi connectivity index (χ0) is 22.6. The van der Waals surface area contributed by atoms with Gasteiger partial charge in [-0.3, -0.25) is 0 Å². The number of benzene rings is 4. The van der Waals surface area contributed by atoms with Gasteiger partial charge in [-0.2, -0.15) is 0 Å². The summed E-state index contributed by atoms with van der Waals surface area (Å²) in [4.78, 5) is 2.32. The van der Waals surface area contributed by atoms with E-state index in [-0.39, 0.29) is 12.1 Å². The van der Waals surface area contributed by atoms with Crippen LogP contribution in [-0.2, 0) is 0 Å². The third-order valence-electron chi connectivity index (χ3n) is 6.16. The third-order valence-corrected chi connectivity index (χ3v) is 6.16. The standard InChI is InChI=1S/C29H27N2O2/c1-32-26-19-11-9-17-24(26)30-21-31(25-18-10-12-20-27(25)33-2)29(23-15-7-4-8-16-23)28(30)22-13-5-3-6-14-22/h3-21,28-29H,1-2H3/q+1. The fraction of sp³-hybridized carbons (Fsp3) is 0.138. The highest BCUT2D eigenvalue weighted by Crippen LogP contribution is 2.48. The van der Waals surface area contributed by atoms with Crippen LogP contribution in [0.1, 0.15) is 23.2 Å². The average molecular weight is 436 g/mol. The van der Waals surface area contributed by atoms with Gasteiger partial charge in [0, 0.05) is 11.1 Å². The molecule has 0 radical (unpaired) electrons. The number of methoxy groups -OCH3 is 2. The van der Waals surface area contributed by atoms with Crippen LogP contribution in [0.15, 0.2) is 109 Å². The summed E-state index contributed by atoms with van der Waals surface area (Å²) < 4.78 is 13.8. The van der Waals surface area contributed by atoms with Crippen LogP contribution in [0, 0.1) is 0 Å². The first kappa shape index (κ1) is 20.8. The topological polar surface area (TPSA) is 24.7 Å².